The minimum absolute atomic E-state index is 0.0773. The van der Waals surface area contributed by atoms with Crippen LogP contribution in [-0.4, -0.2) is 40.6 Å². The zero-order valence-electron chi connectivity index (χ0n) is 10.8. The van der Waals surface area contributed by atoms with Crippen LogP contribution >= 0.6 is 27.3 Å². The van der Waals surface area contributed by atoms with Gasteiger partial charge >= 0.3 is 5.97 Å². The van der Waals surface area contributed by atoms with Crippen LogP contribution in [0.2, 0.25) is 0 Å². The number of halogens is 1. The van der Waals surface area contributed by atoms with Crippen LogP contribution in [0.4, 0.5) is 0 Å². The Bertz CT molecular complexity index is 594. The third-order valence-corrected chi connectivity index (χ3v) is 6.70. The van der Waals surface area contributed by atoms with Crippen molar-refractivity contribution in [3.63, 3.8) is 0 Å². The molecule has 0 bridgehead atoms. The number of ether oxygens (including phenoxy) is 1. The minimum atomic E-state index is -3.65. The molecule has 2 heterocycles. The van der Waals surface area contributed by atoms with Crippen LogP contribution < -0.4 is 10.0 Å². The first-order chi connectivity index (χ1) is 9.44. The van der Waals surface area contributed by atoms with Crippen LogP contribution in [0.3, 0.4) is 0 Å². The molecule has 0 radical (unpaired) electrons. The number of rotatable bonds is 4. The average Bonchev–Trinajstić information content (AvgIpc) is 2.81. The van der Waals surface area contributed by atoms with Gasteiger partial charge in [-0.25, -0.2) is 17.9 Å². The Labute approximate surface area is 130 Å². The Kier molecular flexibility index (Phi) is 5.19. The van der Waals surface area contributed by atoms with Gasteiger partial charge in [0, 0.05) is 12.6 Å². The molecule has 20 heavy (non-hydrogen) atoms. The zero-order chi connectivity index (χ0) is 14.8. The summed E-state index contributed by atoms with van der Waals surface area (Å²) < 4.78 is 32.3. The number of piperidine rings is 1. The summed E-state index contributed by atoms with van der Waals surface area (Å²) >= 11 is 4.23. The summed E-state index contributed by atoms with van der Waals surface area (Å²) in [6.45, 7) is 1.53. The van der Waals surface area contributed by atoms with Crippen LogP contribution in [0, 0.1) is 0 Å². The number of nitrogens with one attached hydrogen (secondary N) is 2. The number of methoxy groups -OCH3 is 1. The van der Waals surface area contributed by atoms with Gasteiger partial charge in [-0.1, -0.05) is 0 Å². The highest BCUT2D eigenvalue weighted by molar-refractivity contribution is 9.11. The van der Waals surface area contributed by atoms with Crippen molar-refractivity contribution in [1.82, 2.24) is 10.0 Å². The number of carbonyl (C=O) groups excluding carboxylic acids is 1. The topological polar surface area (TPSA) is 84.5 Å². The van der Waals surface area contributed by atoms with Crippen molar-refractivity contribution in [2.45, 2.75) is 23.8 Å². The van der Waals surface area contributed by atoms with E-state index >= 15 is 0 Å². The van der Waals surface area contributed by atoms with Crippen LogP contribution in [0.5, 0.6) is 0 Å². The fraction of sp³-hybridized carbons (Fsp3) is 0.545. The predicted molar refractivity (Wildman–Crippen MR) is 79.6 cm³/mol. The highest BCUT2D eigenvalue weighted by Gasteiger charge is 2.26. The largest absolute Gasteiger partial charge is 0.465 e. The highest BCUT2D eigenvalue weighted by atomic mass is 79.9. The second kappa shape index (κ2) is 6.52. The van der Waals surface area contributed by atoms with Gasteiger partial charge in [-0.2, -0.15) is 0 Å². The molecule has 2 rings (SSSR count). The fourth-order valence-electron chi connectivity index (χ4n) is 1.97. The Morgan fingerprint density at radius 3 is 2.95 bits per heavy atom. The van der Waals surface area contributed by atoms with Crippen molar-refractivity contribution in [3.05, 3.63) is 14.7 Å². The van der Waals surface area contributed by atoms with Gasteiger partial charge in [-0.3, -0.25) is 0 Å². The lowest BCUT2D eigenvalue weighted by Crippen LogP contribution is -2.45. The highest BCUT2D eigenvalue weighted by Crippen LogP contribution is 2.32. The lowest BCUT2D eigenvalue weighted by Gasteiger charge is -2.23. The summed E-state index contributed by atoms with van der Waals surface area (Å²) in [4.78, 5) is 11.8. The number of hydrogen-bond acceptors (Lipinski definition) is 6. The molecule has 9 heteroatoms. The van der Waals surface area contributed by atoms with Gasteiger partial charge in [0.25, 0.3) is 0 Å². The van der Waals surface area contributed by atoms with E-state index in [1.165, 1.54) is 13.2 Å². The normalized spacial score (nSPS) is 19.8. The molecule has 1 saturated heterocycles. The molecule has 1 aromatic heterocycles. The van der Waals surface area contributed by atoms with E-state index in [1.54, 1.807) is 0 Å². The Morgan fingerprint density at radius 2 is 2.35 bits per heavy atom. The van der Waals surface area contributed by atoms with Crippen molar-refractivity contribution in [2.75, 3.05) is 20.2 Å². The van der Waals surface area contributed by atoms with Crippen molar-refractivity contribution >= 4 is 43.3 Å². The molecular weight excluding hydrogens is 368 g/mol. The second-order valence-corrected chi connectivity index (χ2v) is 8.46. The lowest BCUT2D eigenvalue weighted by atomic mass is 10.1. The molecule has 0 aliphatic carbocycles. The molecule has 0 spiro atoms. The Balaban J connectivity index is 2.20. The summed E-state index contributed by atoms with van der Waals surface area (Å²) in [7, 11) is -2.39. The van der Waals surface area contributed by atoms with Gasteiger partial charge in [-0.15, -0.1) is 11.3 Å². The van der Waals surface area contributed by atoms with Gasteiger partial charge in [0.1, 0.15) is 9.77 Å². The lowest BCUT2D eigenvalue weighted by molar-refractivity contribution is 0.0606. The first-order valence-electron chi connectivity index (χ1n) is 6.04. The number of thiophene rings is 1. The summed E-state index contributed by atoms with van der Waals surface area (Å²) in [6, 6.07) is 1.21. The molecule has 1 unspecified atom stereocenters. The molecule has 1 aromatic rings. The number of esters is 1. The van der Waals surface area contributed by atoms with Crippen LogP contribution in [0.15, 0.2) is 14.7 Å². The van der Waals surface area contributed by atoms with E-state index in [4.69, 9.17) is 0 Å². The van der Waals surface area contributed by atoms with E-state index in [0.717, 1.165) is 30.7 Å². The summed E-state index contributed by atoms with van der Waals surface area (Å²) in [5, 5.41) is 3.15. The van der Waals surface area contributed by atoms with Gasteiger partial charge in [0.2, 0.25) is 10.0 Å². The number of carbonyl (C=O) groups is 1. The van der Waals surface area contributed by atoms with E-state index in [9.17, 15) is 13.2 Å². The Morgan fingerprint density at radius 1 is 1.60 bits per heavy atom. The third-order valence-electron chi connectivity index (χ3n) is 2.95. The molecule has 1 atom stereocenters. The zero-order valence-corrected chi connectivity index (χ0v) is 14.0. The standard InChI is InChI=1S/C11H15BrN2O4S2/c1-18-11(15)8-5-9(10(12)19-8)20(16,17)14-7-3-2-4-13-6-7/h5,7,13-14H,2-4,6H2,1H3. The van der Waals surface area contributed by atoms with Crippen molar-refractivity contribution in [3.8, 4) is 0 Å². The van der Waals surface area contributed by atoms with Gasteiger partial charge in [-0.05, 0) is 41.4 Å². The fourth-order valence-corrected chi connectivity index (χ4v) is 5.72. The smallest absolute Gasteiger partial charge is 0.348 e. The first-order valence-corrected chi connectivity index (χ1v) is 9.14. The van der Waals surface area contributed by atoms with Gasteiger partial charge in [0.05, 0.1) is 10.9 Å². The first kappa shape index (κ1) is 15.9. The molecule has 1 fully saturated rings. The molecule has 6 nitrogen and oxygen atoms in total. The van der Waals surface area contributed by atoms with Crippen LogP contribution in [0.1, 0.15) is 22.5 Å². The molecular formula is C11H15BrN2O4S2. The Hall–Kier alpha value is -0.480. The number of sulfonamides is 1. The maximum absolute atomic E-state index is 12.3. The molecule has 112 valence electrons. The van der Waals surface area contributed by atoms with E-state index in [-0.39, 0.29) is 15.8 Å². The van der Waals surface area contributed by atoms with Gasteiger partial charge < -0.3 is 10.1 Å². The average molecular weight is 383 g/mol. The minimum Gasteiger partial charge on any atom is -0.465 e. The predicted octanol–water partition coefficient (Wildman–Crippen LogP) is 1.33. The second-order valence-electron chi connectivity index (χ2n) is 4.40. The maximum Gasteiger partial charge on any atom is 0.348 e. The molecule has 0 aromatic carbocycles. The summed E-state index contributed by atoms with van der Waals surface area (Å²) in [5.41, 5.74) is 0. The van der Waals surface area contributed by atoms with E-state index < -0.39 is 16.0 Å². The quantitative estimate of drug-likeness (QED) is 0.767. The SMILES string of the molecule is COC(=O)c1cc(S(=O)(=O)NC2CCCNC2)c(Br)s1. The maximum atomic E-state index is 12.3. The molecule has 0 amide bonds. The summed E-state index contributed by atoms with van der Waals surface area (Å²) in [5.74, 6) is -0.545. The van der Waals surface area contributed by atoms with E-state index in [0.29, 0.717) is 10.3 Å². The van der Waals surface area contributed by atoms with Crippen molar-refractivity contribution < 1.29 is 17.9 Å². The molecule has 1 aliphatic rings. The summed E-state index contributed by atoms with van der Waals surface area (Å²) in [6.07, 6.45) is 1.74. The molecule has 1 aliphatic heterocycles. The van der Waals surface area contributed by atoms with E-state index in [1.807, 2.05) is 0 Å². The van der Waals surface area contributed by atoms with Crippen molar-refractivity contribution in [1.29, 1.82) is 0 Å². The van der Waals surface area contributed by atoms with Crippen LogP contribution in [0.25, 0.3) is 0 Å². The van der Waals surface area contributed by atoms with Gasteiger partial charge in [0.15, 0.2) is 0 Å². The third kappa shape index (κ3) is 3.59. The number of hydrogen-bond donors (Lipinski definition) is 2. The monoisotopic (exact) mass is 382 g/mol. The van der Waals surface area contributed by atoms with Crippen LogP contribution in [-0.2, 0) is 14.8 Å². The van der Waals surface area contributed by atoms with E-state index in [2.05, 4.69) is 30.7 Å². The van der Waals surface area contributed by atoms with Crippen molar-refractivity contribution in [2.24, 2.45) is 0 Å². The molecule has 0 saturated carbocycles. The molecule has 2 N–H and O–H groups in total.